The van der Waals surface area contributed by atoms with Crippen molar-refractivity contribution in [2.75, 3.05) is 38.5 Å². The average Bonchev–Trinajstić information content (AvgIpc) is 3.24. The molecule has 0 bridgehead atoms. The molecule has 0 atom stereocenters. The van der Waals surface area contributed by atoms with Crippen LogP contribution in [0.3, 0.4) is 0 Å². The molecule has 0 saturated carbocycles. The van der Waals surface area contributed by atoms with E-state index >= 15 is 0 Å². The summed E-state index contributed by atoms with van der Waals surface area (Å²) >= 11 is 0. The van der Waals surface area contributed by atoms with Gasteiger partial charge in [0, 0.05) is 39.3 Å². The normalized spacial score (nSPS) is 14.5. The number of hydrogen-bond acceptors (Lipinski definition) is 8. The van der Waals surface area contributed by atoms with Crippen LogP contribution in [0.5, 0.6) is 6.01 Å². The van der Waals surface area contributed by atoms with Crippen LogP contribution in [0.1, 0.15) is 62.2 Å². The van der Waals surface area contributed by atoms with Gasteiger partial charge in [0.05, 0.1) is 12.0 Å². The van der Waals surface area contributed by atoms with Gasteiger partial charge in [0.15, 0.2) is 0 Å². The lowest BCUT2D eigenvalue weighted by molar-refractivity contribution is 0.0139. The Labute approximate surface area is 229 Å². The first-order valence-electron chi connectivity index (χ1n) is 13.4. The van der Waals surface area contributed by atoms with E-state index in [1.807, 2.05) is 32.9 Å². The van der Waals surface area contributed by atoms with Crippen molar-refractivity contribution in [3.63, 3.8) is 0 Å². The van der Waals surface area contributed by atoms with E-state index in [0.717, 1.165) is 43.6 Å². The molecule has 1 fully saturated rings. The summed E-state index contributed by atoms with van der Waals surface area (Å²) in [5.41, 5.74) is 14.3. The molecule has 0 spiro atoms. The number of hydrogen-bond donors (Lipinski definition) is 2. The average molecular weight is 538 g/mol. The number of nitrogens with two attached hydrogens (primary N) is 2. The number of unbranched alkanes of at least 4 members (excludes halogenated alkanes) is 1. The van der Waals surface area contributed by atoms with E-state index in [9.17, 15) is 9.59 Å². The molecule has 1 aliphatic rings. The van der Waals surface area contributed by atoms with Gasteiger partial charge in [0.1, 0.15) is 22.8 Å². The number of nitrogen functional groups attached to an aromatic ring is 1. The summed E-state index contributed by atoms with van der Waals surface area (Å²) in [5, 5.41) is 0.564. The van der Waals surface area contributed by atoms with Crippen LogP contribution in [0, 0.1) is 0 Å². The third-order valence-corrected chi connectivity index (χ3v) is 6.54. The Kier molecular flexibility index (Phi) is 8.59. The van der Waals surface area contributed by atoms with Gasteiger partial charge in [-0.1, -0.05) is 37.6 Å². The van der Waals surface area contributed by atoms with Crippen LogP contribution in [-0.2, 0) is 17.8 Å². The molecule has 39 heavy (non-hydrogen) atoms. The number of carbonyl (C=O) groups is 2. The highest BCUT2D eigenvalue weighted by Crippen LogP contribution is 2.26. The molecule has 0 aliphatic carbocycles. The van der Waals surface area contributed by atoms with Crippen molar-refractivity contribution in [1.29, 1.82) is 0 Å². The lowest BCUT2D eigenvalue weighted by atomic mass is 10.1. The maximum Gasteiger partial charge on any atom is 0.410 e. The van der Waals surface area contributed by atoms with Gasteiger partial charge in [-0.25, -0.2) is 4.79 Å². The van der Waals surface area contributed by atoms with E-state index in [-0.39, 0.29) is 17.9 Å². The molecule has 0 radical (unpaired) electrons. The maximum atomic E-state index is 12.3. The first-order valence-corrected chi connectivity index (χ1v) is 13.4. The third kappa shape index (κ3) is 7.17. The zero-order chi connectivity index (χ0) is 28.2. The summed E-state index contributed by atoms with van der Waals surface area (Å²) in [5.74, 6) is -0.321. The van der Waals surface area contributed by atoms with Crippen LogP contribution >= 0.6 is 0 Å². The van der Waals surface area contributed by atoms with Gasteiger partial charge in [-0.2, -0.15) is 9.97 Å². The molecule has 11 nitrogen and oxygen atoms in total. The van der Waals surface area contributed by atoms with Crippen LogP contribution in [0.2, 0.25) is 0 Å². The molecule has 4 rings (SSSR count). The van der Waals surface area contributed by atoms with E-state index in [2.05, 4.69) is 33.9 Å². The fraction of sp³-hybridized carbons (Fsp3) is 0.500. The van der Waals surface area contributed by atoms with E-state index in [1.54, 1.807) is 15.5 Å². The summed E-state index contributed by atoms with van der Waals surface area (Å²) in [6, 6.07) is 10.0. The summed E-state index contributed by atoms with van der Waals surface area (Å²) < 4.78 is 12.9. The van der Waals surface area contributed by atoms with Crippen LogP contribution in [-0.4, -0.2) is 74.7 Å². The fourth-order valence-corrected chi connectivity index (χ4v) is 4.47. The largest absolute Gasteiger partial charge is 0.463 e. The highest BCUT2D eigenvalue weighted by molar-refractivity contribution is 5.99. The quantitative estimate of drug-likeness (QED) is 0.396. The number of carbonyl (C=O) groups excluding carboxylic acids is 2. The predicted octanol–water partition coefficient (Wildman–Crippen LogP) is 3.39. The van der Waals surface area contributed by atoms with Crippen molar-refractivity contribution in [2.24, 2.45) is 5.73 Å². The number of aromatic nitrogens is 3. The topological polar surface area (TPSA) is 142 Å². The Bertz CT molecular complexity index is 1310. The first kappa shape index (κ1) is 28.2. The smallest absolute Gasteiger partial charge is 0.410 e. The molecule has 210 valence electrons. The zero-order valence-electron chi connectivity index (χ0n) is 23.3. The molecule has 1 aromatic carbocycles. The Morgan fingerprint density at radius 1 is 1.00 bits per heavy atom. The molecule has 0 unspecified atom stereocenters. The molecule has 1 aliphatic heterocycles. The van der Waals surface area contributed by atoms with Crippen LogP contribution < -0.4 is 16.2 Å². The van der Waals surface area contributed by atoms with Gasteiger partial charge in [-0.3, -0.25) is 9.69 Å². The summed E-state index contributed by atoms with van der Waals surface area (Å²) in [7, 11) is 0. The molecular formula is C28H39N7O4. The van der Waals surface area contributed by atoms with Gasteiger partial charge in [-0.05, 0) is 44.4 Å². The van der Waals surface area contributed by atoms with Gasteiger partial charge in [-0.15, -0.1) is 0 Å². The molecule has 2 amide bonds. The lowest BCUT2D eigenvalue weighted by Gasteiger charge is -2.35. The van der Waals surface area contributed by atoms with Gasteiger partial charge in [0.2, 0.25) is 0 Å². The predicted molar refractivity (Wildman–Crippen MR) is 149 cm³/mol. The number of fused-ring (bicyclic) bond motifs is 1. The zero-order valence-corrected chi connectivity index (χ0v) is 23.3. The van der Waals surface area contributed by atoms with Crippen molar-refractivity contribution in [3.8, 4) is 6.01 Å². The minimum Gasteiger partial charge on any atom is -0.463 e. The Hall–Kier alpha value is -3.86. The molecule has 2 aromatic heterocycles. The number of piperazine rings is 1. The van der Waals surface area contributed by atoms with Crippen molar-refractivity contribution in [1.82, 2.24) is 24.3 Å². The number of amides is 2. The van der Waals surface area contributed by atoms with Gasteiger partial charge in [0.25, 0.3) is 5.91 Å². The molecule has 3 heterocycles. The van der Waals surface area contributed by atoms with E-state index < -0.39 is 11.5 Å². The second-order valence-corrected chi connectivity index (χ2v) is 10.9. The number of rotatable bonds is 9. The van der Waals surface area contributed by atoms with E-state index in [1.165, 1.54) is 0 Å². The molecule has 4 N–H and O–H groups in total. The third-order valence-electron chi connectivity index (χ3n) is 6.54. The van der Waals surface area contributed by atoms with Crippen LogP contribution in [0.15, 0.2) is 30.3 Å². The number of benzene rings is 1. The van der Waals surface area contributed by atoms with E-state index in [4.69, 9.17) is 20.9 Å². The summed E-state index contributed by atoms with van der Waals surface area (Å²) in [4.78, 5) is 37.4. The minimum absolute atomic E-state index is 0.186. The maximum absolute atomic E-state index is 12.3. The van der Waals surface area contributed by atoms with Crippen LogP contribution in [0.25, 0.3) is 11.0 Å². The van der Waals surface area contributed by atoms with Crippen molar-refractivity contribution < 1.29 is 19.1 Å². The van der Waals surface area contributed by atoms with Gasteiger partial charge < -0.3 is 30.4 Å². The Morgan fingerprint density at radius 3 is 2.23 bits per heavy atom. The van der Waals surface area contributed by atoms with E-state index in [0.29, 0.717) is 43.0 Å². The standard InChI is InChI=1S/C28H39N7O4/c1-5-6-15-38-26-31-23(29)21-16-22(24(30)36)35(25(21)32-26)18-20-9-7-19(8-10-20)17-33-11-13-34(14-12-33)27(37)39-28(2,3)4/h7-10,16H,5-6,11-15,17-18H2,1-4H3,(H2,30,36)(H2,29,31,32). The van der Waals surface area contributed by atoms with Crippen molar-refractivity contribution >= 4 is 28.9 Å². The number of ether oxygens (including phenoxy) is 2. The molecule has 1 saturated heterocycles. The number of primary amides is 1. The fourth-order valence-electron chi connectivity index (χ4n) is 4.47. The summed E-state index contributed by atoms with van der Waals surface area (Å²) in [6.07, 6.45) is 1.60. The molecule has 3 aromatic rings. The highest BCUT2D eigenvalue weighted by Gasteiger charge is 2.26. The first-order chi connectivity index (χ1) is 18.5. The lowest BCUT2D eigenvalue weighted by Crippen LogP contribution is -2.49. The second kappa shape index (κ2) is 11.9. The SMILES string of the molecule is CCCCOc1nc(N)c2cc(C(N)=O)n(Cc3ccc(CN4CCN(C(=O)OC(C)(C)C)CC4)cc3)c2n1. The van der Waals surface area contributed by atoms with Crippen molar-refractivity contribution in [3.05, 3.63) is 47.2 Å². The number of anilines is 1. The summed E-state index contributed by atoms with van der Waals surface area (Å²) in [6.45, 7) is 12.2. The monoisotopic (exact) mass is 537 g/mol. The Morgan fingerprint density at radius 2 is 1.64 bits per heavy atom. The highest BCUT2D eigenvalue weighted by atomic mass is 16.6. The van der Waals surface area contributed by atoms with Crippen molar-refractivity contribution in [2.45, 2.75) is 59.2 Å². The Balaban J connectivity index is 1.43. The van der Waals surface area contributed by atoms with Gasteiger partial charge >= 0.3 is 12.1 Å². The number of nitrogens with zero attached hydrogens (tertiary/aromatic N) is 5. The van der Waals surface area contributed by atoms with Crippen LogP contribution in [0.4, 0.5) is 10.6 Å². The molecular weight excluding hydrogens is 498 g/mol. The second-order valence-electron chi connectivity index (χ2n) is 10.9. The molecule has 11 heteroatoms. The minimum atomic E-state index is -0.567.